The summed E-state index contributed by atoms with van der Waals surface area (Å²) in [5, 5.41) is 23.7. The van der Waals surface area contributed by atoms with Crippen molar-refractivity contribution in [2.45, 2.75) is 63.6 Å². The molecule has 36 heavy (non-hydrogen) atoms. The van der Waals surface area contributed by atoms with Gasteiger partial charge in [-0.1, -0.05) is 30.3 Å². The molecule has 0 aliphatic carbocycles. The van der Waals surface area contributed by atoms with E-state index in [0.717, 1.165) is 18.4 Å². The van der Waals surface area contributed by atoms with Crippen LogP contribution in [0.15, 0.2) is 30.3 Å². The number of ether oxygens (including phenoxy) is 1. The minimum atomic E-state index is -0.986. The molecule has 1 aromatic rings. The normalized spacial score (nSPS) is 20.5. The number of carboxylic acids is 2. The fraction of sp³-hybridized carbons (Fsp3) is 0.583. The number of carbonyl (C=O) groups excluding carboxylic acids is 2. The molecule has 7 N–H and O–H groups in total. The van der Waals surface area contributed by atoms with Gasteiger partial charge >= 0.3 is 17.9 Å². The first-order valence-corrected chi connectivity index (χ1v) is 12.0. The highest BCUT2D eigenvalue weighted by Crippen LogP contribution is 2.24. The Morgan fingerprint density at radius 3 is 2.31 bits per heavy atom. The summed E-state index contributed by atoms with van der Waals surface area (Å²) in [4.78, 5) is 46.8. The number of amides is 1. The zero-order valence-electron chi connectivity index (χ0n) is 20.6. The Bertz CT molecular complexity index is 854. The Morgan fingerprint density at radius 1 is 1.14 bits per heavy atom. The van der Waals surface area contributed by atoms with Crippen LogP contribution in [0.2, 0.25) is 0 Å². The van der Waals surface area contributed by atoms with Crippen molar-refractivity contribution in [3.05, 3.63) is 35.9 Å². The Morgan fingerprint density at radius 2 is 1.75 bits per heavy atom. The molecule has 1 aromatic carbocycles. The van der Waals surface area contributed by atoms with Gasteiger partial charge in [0.1, 0.15) is 12.1 Å². The summed E-state index contributed by atoms with van der Waals surface area (Å²) in [6.45, 7) is 3.06. The first-order chi connectivity index (χ1) is 16.8. The molecule has 2 aliphatic rings. The number of nitrogens with two attached hydrogens (primary N) is 1. The Hall–Kier alpha value is -3.06. The van der Waals surface area contributed by atoms with E-state index in [-0.39, 0.29) is 30.5 Å². The number of hydrogen-bond acceptors (Lipinski definition) is 8. The molecule has 2 fully saturated rings. The monoisotopic (exact) mass is 510 g/mol. The van der Waals surface area contributed by atoms with Crippen molar-refractivity contribution in [2.24, 2.45) is 5.73 Å². The van der Waals surface area contributed by atoms with E-state index in [0.29, 0.717) is 38.8 Å². The fourth-order valence-electron chi connectivity index (χ4n) is 4.26. The van der Waals surface area contributed by atoms with E-state index in [9.17, 15) is 24.3 Å². The van der Waals surface area contributed by atoms with E-state index in [1.807, 2.05) is 35.3 Å². The second-order valence-electron chi connectivity index (χ2n) is 8.42. The second-order valence-corrected chi connectivity index (χ2v) is 8.42. The zero-order chi connectivity index (χ0) is 25.8. The molecule has 2 saturated heterocycles. The SMILES string of the molecule is CCOC(=O)[C@H](CCc1ccccc1)N[C@H]1CCCN2CCC[C@@H](C(=O)O)N2C1=O.NCC(=O)O.O. The van der Waals surface area contributed by atoms with Crippen molar-refractivity contribution >= 4 is 23.8 Å². The number of fused-ring (bicyclic) bond motifs is 1. The molecule has 12 heteroatoms. The quantitative estimate of drug-likeness (QED) is 0.323. The van der Waals surface area contributed by atoms with Gasteiger partial charge in [-0.25, -0.2) is 9.80 Å². The summed E-state index contributed by atoms with van der Waals surface area (Å²) in [5.41, 5.74) is 5.68. The topological polar surface area (TPSA) is 194 Å². The summed E-state index contributed by atoms with van der Waals surface area (Å²) in [6, 6.07) is 7.77. The van der Waals surface area contributed by atoms with E-state index in [1.54, 1.807) is 6.92 Å². The number of hydrazine groups is 1. The minimum Gasteiger partial charge on any atom is -0.480 e. The van der Waals surface area contributed by atoms with E-state index < -0.39 is 30.1 Å². The number of benzene rings is 1. The molecule has 1 amide bonds. The van der Waals surface area contributed by atoms with Gasteiger partial charge in [0.2, 0.25) is 0 Å². The first-order valence-electron chi connectivity index (χ1n) is 12.0. The molecule has 0 radical (unpaired) electrons. The molecule has 3 atom stereocenters. The second kappa shape index (κ2) is 15.8. The summed E-state index contributed by atoms with van der Waals surface area (Å²) >= 11 is 0. The molecular weight excluding hydrogens is 472 g/mol. The van der Waals surface area contributed by atoms with Gasteiger partial charge in [-0.2, -0.15) is 0 Å². The standard InChI is InChI=1S/C22H31N3O5.C2H5NO2.H2O/c1-2-30-22(29)18(13-12-16-8-4-3-5-9-16)23-17-10-6-14-24-15-7-11-19(21(27)28)25(24)20(17)26;3-1-2(4)5;/h3-5,8-9,17-19,23H,2,6-7,10-15H2,1H3,(H,27,28);1,3H2,(H,4,5);1H2/t17-,18-,19-;;/m0../s1. The number of nitrogens with zero attached hydrogens (tertiary/aromatic N) is 2. The van der Waals surface area contributed by atoms with Crippen LogP contribution in [0, 0.1) is 0 Å². The van der Waals surface area contributed by atoms with Crippen LogP contribution >= 0.6 is 0 Å². The molecule has 2 aliphatic heterocycles. The molecule has 3 rings (SSSR count). The first kappa shape index (κ1) is 31.0. The maximum Gasteiger partial charge on any atom is 0.328 e. The summed E-state index contributed by atoms with van der Waals surface area (Å²) in [5.74, 6) is -2.60. The summed E-state index contributed by atoms with van der Waals surface area (Å²) in [6.07, 6.45) is 3.67. The van der Waals surface area contributed by atoms with Gasteiger partial charge in [0.15, 0.2) is 0 Å². The van der Waals surface area contributed by atoms with Crippen molar-refractivity contribution < 1.29 is 39.6 Å². The van der Waals surface area contributed by atoms with Gasteiger partial charge in [-0.15, -0.1) is 0 Å². The Kier molecular flexibility index (Phi) is 13.6. The highest BCUT2D eigenvalue weighted by atomic mass is 16.5. The minimum absolute atomic E-state index is 0. The van der Waals surface area contributed by atoms with Crippen molar-refractivity contribution in [3.8, 4) is 0 Å². The van der Waals surface area contributed by atoms with Crippen LogP contribution < -0.4 is 11.1 Å². The maximum atomic E-state index is 13.3. The third-order valence-electron chi connectivity index (χ3n) is 5.92. The number of aliphatic carboxylic acids is 2. The van der Waals surface area contributed by atoms with Crippen molar-refractivity contribution in [3.63, 3.8) is 0 Å². The Balaban J connectivity index is 0.000000983. The Labute approximate surface area is 210 Å². The molecule has 0 aromatic heterocycles. The van der Waals surface area contributed by atoms with Crippen LogP contribution in [0.4, 0.5) is 0 Å². The molecule has 0 bridgehead atoms. The average Bonchev–Trinajstić information content (AvgIpc) is 3.01. The highest BCUT2D eigenvalue weighted by Gasteiger charge is 2.42. The van der Waals surface area contributed by atoms with E-state index in [4.69, 9.17) is 9.84 Å². The number of carboxylic acid groups (broad SMARTS) is 2. The van der Waals surface area contributed by atoms with Crippen LogP contribution in [-0.2, 0) is 30.3 Å². The third-order valence-corrected chi connectivity index (χ3v) is 5.92. The molecule has 12 nitrogen and oxygen atoms in total. The summed E-state index contributed by atoms with van der Waals surface area (Å²) < 4.78 is 5.24. The van der Waals surface area contributed by atoms with Crippen molar-refractivity contribution in [2.75, 3.05) is 26.2 Å². The van der Waals surface area contributed by atoms with Gasteiger partial charge in [0.05, 0.1) is 19.2 Å². The number of carbonyl (C=O) groups is 4. The van der Waals surface area contributed by atoms with Crippen LogP contribution in [0.3, 0.4) is 0 Å². The van der Waals surface area contributed by atoms with Crippen LogP contribution in [0.1, 0.15) is 44.6 Å². The number of esters is 1. The van der Waals surface area contributed by atoms with Crippen LogP contribution in [0.5, 0.6) is 0 Å². The van der Waals surface area contributed by atoms with Gasteiger partial charge in [-0.3, -0.25) is 24.7 Å². The van der Waals surface area contributed by atoms with Gasteiger partial charge in [0.25, 0.3) is 5.91 Å². The lowest BCUT2D eigenvalue weighted by Crippen LogP contribution is -2.61. The van der Waals surface area contributed by atoms with Gasteiger partial charge < -0.3 is 26.2 Å². The van der Waals surface area contributed by atoms with Gasteiger partial charge in [0, 0.05) is 13.1 Å². The highest BCUT2D eigenvalue weighted by molar-refractivity contribution is 5.87. The molecule has 0 unspecified atom stereocenters. The predicted molar refractivity (Wildman–Crippen MR) is 131 cm³/mol. The number of rotatable bonds is 9. The number of aryl methyl sites for hydroxylation is 1. The number of hydrogen-bond donors (Lipinski definition) is 4. The van der Waals surface area contributed by atoms with Crippen LogP contribution in [0.25, 0.3) is 0 Å². The largest absolute Gasteiger partial charge is 0.480 e. The molecule has 0 saturated carbocycles. The smallest absolute Gasteiger partial charge is 0.328 e. The number of nitrogens with one attached hydrogen (secondary N) is 1. The van der Waals surface area contributed by atoms with Crippen molar-refractivity contribution in [1.29, 1.82) is 0 Å². The fourth-order valence-corrected chi connectivity index (χ4v) is 4.26. The van der Waals surface area contributed by atoms with Gasteiger partial charge in [-0.05, 0) is 51.0 Å². The maximum absolute atomic E-state index is 13.3. The van der Waals surface area contributed by atoms with E-state index in [2.05, 4.69) is 11.1 Å². The molecule has 2 heterocycles. The molecular formula is C24H38N4O8. The van der Waals surface area contributed by atoms with E-state index >= 15 is 0 Å². The van der Waals surface area contributed by atoms with Crippen LogP contribution in [-0.4, -0.2) is 93.9 Å². The average molecular weight is 511 g/mol. The third kappa shape index (κ3) is 9.19. The van der Waals surface area contributed by atoms with E-state index in [1.165, 1.54) is 5.01 Å². The molecule has 0 spiro atoms. The molecule has 202 valence electrons. The summed E-state index contributed by atoms with van der Waals surface area (Å²) in [7, 11) is 0. The lowest BCUT2D eigenvalue weighted by Gasteiger charge is -2.42. The predicted octanol–water partition coefficient (Wildman–Crippen LogP) is -0.199. The zero-order valence-corrected chi connectivity index (χ0v) is 20.6. The lowest BCUT2D eigenvalue weighted by molar-refractivity contribution is -0.174. The lowest BCUT2D eigenvalue weighted by atomic mass is 10.0. The van der Waals surface area contributed by atoms with Crippen molar-refractivity contribution in [1.82, 2.24) is 15.3 Å².